The van der Waals surface area contributed by atoms with E-state index in [-0.39, 0.29) is 53.4 Å². The van der Waals surface area contributed by atoms with Crippen LogP contribution in [0, 0.1) is 19.7 Å². The maximum atomic E-state index is 13.5. The standard InChI is InChI=1S/C28H27FN4O4S.3ClH/c1-18-6-7-19(2)26(14-18)32-10-12-33(13-11-32)27-17-24(28(34)35)23-16-21(8-9-25(23)30-27)31-38(36,37)22-5-3-4-20(29)15-22;;;/h3-9,14-17,31H,10-13H2,1-2H3,(H,34,35);3*1H. The zero-order valence-corrected chi connectivity index (χ0v) is 25.5. The van der Waals surface area contributed by atoms with Crippen LogP contribution in [-0.4, -0.2) is 50.7 Å². The first-order chi connectivity index (χ1) is 18.1. The Kier molecular flexibility index (Phi) is 11.2. The number of carbonyl (C=O) groups is 1. The number of fused-ring (bicyclic) bond motifs is 1. The molecule has 0 atom stereocenters. The van der Waals surface area contributed by atoms with E-state index in [9.17, 15) is 22.7 Å². The lowest BCUT2D eigenvalue weighted by atomic mass is 10.1. The van der Waals surface area contributed by atoms with Crippen LogP contribution in [0.5, 0.6) is 0 Å². The molecule has 0 unspecified atom stereocenters. The largest absolute Gasteiger partial charge is 0.478 e. The van der Waals surface area contributed by atoms with Crippen molar-refractivity contribution in [2.24, 2.45) is 0 Å². The average molecular weight is 644 g/mol. The Bertz CT molecular complexity index is 1670. The molecule has 4 aromatic rings. The van der Waals surface area contributed by atoms with E-state index in [2.05, 4.69) is 46.6 Å². The molecule has 1 aliphatic rings. The van der Waals surface area contributed by atoms with Crippen LogP contribution in [-0.2, 0) is 10.0 Å². The van der Waals surface area contributed by atoms with Crippen molar-refractivity contribution in [2.75, 3.05) is 40.7 Å². The van der Waals surface area contributed by atoms with E-state index in [1.165, 1.54) is 47.1 Å². The predicted octanol–water partition coefficient (Wildman–Crippen LogP) is 6.08. The van der Waals surface area contributed by atoms with Crippen LogP contribution in [0.1, 0.15) is 21.5 Å². The normalized spacial score (nSPS) is 13.0. The Morgan fingerprint density at radius 2 is 1.59 bits per heavy atom. The van der Waals surface area contributed by atoms with Crippen LogP contribution in [0.3, 0.4) is 0 Å². The van der Waals surface area contributed by atoms with Gasteiger partial charge in [-0.1, -0.05) is 18.2 Å². The van der Waals surface area contributed by atoms with Gasteiger partial charge in [-0.05, 0) is 73.5 Å². The van der Waals surface area contributed by atoms with E-state index in [1.807, 2.05) is 0 Å². The summed E-state index contributed by atoms with van der Waals surface area (Å²) in [5.74, 6) is -1.26. The Morgan fingerprint density at radius 1 is 0.902 bits per heavy atom. The van der Waals surface area contributed by atoms with Crippen molar-refractivity contribution in [3.05, 3.63) is 89.2 Å². The van der Waals surface area contributed by atoms with Gasteiger partial charge in [0.05, 0.1) is 16.0 Å². The number of aryl methyl sites for hydroxylation is 2. The zero-order chi connectivity index (χ0) is 27.0. The summed E-state index contributed by atoms with van der Waals surface area (Å²) in [5.41, 5.74) is 4.23. The first-order valence-electron chi connectivity index (χ1n) is 12.1. The topological polar surface area (TPSA) is 103 Å². The summed E-state index contributed by atoms with van der Waals surface area (Å²) >= 11 is 0. The van der Waals surface area contributed by atoms with Gasteiger partial charge in [-0.2, -0.15) is 0 Å². The van der Waals surface area contributed by atoms with Crippen molar-refractivity contribution in [1.82, 2.24) is 4.98 Å². The average Bonchev–Trinajstić information content (AvgIpc) is 2.89. The van der Waals surface area contributed by atoms with E-state index in [4.69, 9.17) is 4.98 Å². The fraction of sp³-hybridized carbons (Fsp3) is 0.214. The molecule has 220 valence electrons. The number of anilines is 3. The molecule has 8 nitrogen and oxygen atoms in total. The van der Waals surface area contributed by atoms with Crippen molar-refractivity contribution in [3.8, 4) is 0 Å². The van der Waals surface area contributed by atoms with Gasteiger partial charge >= 0.3 is 5.97 Å². The molecule has 2 N–H and O–H groups in total. The molecule has 2 heterocycles. The third-order valence-electron chi connectivity index (χ3n) is 6.69. The number of hydrogen-bond donors (Lipinski definition) is 2. The molecule has 5 rings (SSSR count). The lowest BCUT2D eigenvalue weighted by Crippen LogP contribution is -2.47. The van der Waals surface area contributed by atoms with Crippen LogP contribution < -0.4 is 14.5 Å². The molecule has 13 heteroatoms. The minimum absolute atomic E-state index is 0. The summed E-state index contributed by atoms with van der Waals surface area (Å²) in [6, 6.07) is 17.1. The van der Waals surface area contributed by atoms with Crippen LogP contribution >= 0.6 is 37.2 Å². The van der Waals surface area contributed by atoms with E-state index < -0.39 is 21.8 Å². The zero-order valence-electron chi connectivity index (χ0n) is 22.2. The van der Waals surface area contributed by atoms with Crippen LogP contribution in [0.4, 0.5) is 21.6 Å². The number of aromatic nitrogens is 1. The molecule has 0 aliphatic carbocycles. The van der Waals surface area contributed by atoms with Gasteiger partial charge in [0.15, 0.2) is 0 Å². The van der Waals surface area contributed by atoms with Gasteiger partial charge in [-0.15, -0.1) is 37.2 Å². The number of sulfonamides is 1. The van der Waals surface area contributed by atoms with Crippen LogP contribution in [0.15, 0.2) is 71.6 Å². The highest BCUT2D eigenvalue weighted by molar-refractivity contribution is 7.92. The number of piperazine rings is 1. The summed E-state index contributed by atoms with van der Waals surface area (Å²) in [5, 5.41) is 10.3. The highest BCUT2D eigenvalue weighted by atomic mass is 35.5. The molecule has 41 heavy (non-hydrogen) atoms. The molecule has 0 radical (unpaired) electrons. The minimum atomic E-state index is -4.07. The van der Waals surface area contributed by atoms with Gasteiger partial charge in [-0.25, -0.2) is 22.6 Å². The first kappa shape index (κ1) is 33.9. The van der Waals surface area contributed by atoms with E-state index in [0.717, 1.165) is 25.2 Å². The van der Waals surface area contributed by atoms with Crippen molar-refractivity contribution < 1.29 is 22.7 Å². The molecule has 1 aliphatic heterocycles. The maximum absolute atomic E-state index is 13.5. The molecular formula is C28H30Cl3FN4O4S. The molecule has 1 saturated heterocycles. The van der Waals surface area contributed by atoms with Crippen LogP contribution in [0.25, 0.3) is 10.9 Å². The number of nitrogens with zero attached hydrogens (tertiary/aromatic N) is 3. The van der Waals surface area contributed by atoms with E-state index >= 15 is 0 Å². The Balaban J connectivity index is 0.00000196. The van der Waals surface area contributed by atoms with Gasteiger partial charge in [0, 0.05) is 42.9 Å². The summed E-state index contributed by atoms with van der Waals surface area (Å²) < 4.78 is 41.4. The lowest BCUT2D eigenvalue weighted by Gasteiger charge is -2.37. The molecule has 0 amide bonds. The minimum Gasteiger partial charge on any atom is -0.478 e. The number of benzene rings is 3. The van der Waals surface area contributed by atoms with Gasteiger partial charge < -0.3 is 14.9 Å². The summed E-state index contributed by atoms with van der Waals surface area (Å²) in [4.78, 5) is 21.0. The molecule has 1 fully saturated rings. The Morgan fingerprint density at radius 3 is 2.24 bits per heavy atom. The number of pyridine rings is 1. The number of halogens is 4. The van der Waals surface area contributed by atoms with Gasteiger partial charge in [0.1, 0.15) is 11.6 Å². The number of nitrogens with one attached hydrogen (secondary N) is 1. The highest BCUT2D eigenvalue weighted by Crippen LogP contribution is 2.29. The number of carboxylic acids is 1. The van der Waals surface area contributed by atoms with E-state index in [0.29, 0.717) is 29.8 Å². The molecular weight excluding hydrogens is 614 g/mol. The van der Waals surface area contributed by atoms with E-state index in [1.54, 1.807) is 6.07 Å². The number of hydrogen-bond acceptors (Lipinski definition) is 6. The van der Waals surface area contributed by atoms with Gasteiger partial charge in [0.2, 0.25) is 0 Å². The maximum Gasteiger partial charge on any atom is 0.336 e. The monoisotopic (exact) mass is 642 g/mol. The van der Waals surface area contributed by atoms with Crippen molar-refractivity contribution in [3.63, 3.8) is 0 Å². The number of aromatic carboxylic acids is 1. The quantitative estimate of drug-likeness (QED) is 0.263. The van der Waals surface area contributed by atoms with Gasteiger partial charge in [0.25, 0.3) is 10.0 Å². The third-order valence-corrected chi connectivity index (χ3v) is 8.07. The fourth-order valence-corrected chi connectivity index (χ4v) is 5.78. The van der Waals surface area contributed by atoms with Gasteiger partial charge in [-0.3, -0.25) is 4.72 Å². The number of rotatable bonds is 6. The van der Waals surface area contributed by atoms with Crippen molar-refractivity contribution in [2.45, 2.75) is 18.7 Å². The highest BCUT2D eigenvalue weighted by Gasteiger charge is 2.23. The summed E-state index contributed by atoms with van der Waals surface area (Å²) in [6.45, 7) is 7.06. The summed E-state index contributed by atoms with van der Waals surface area (Å²) in [7, 11) is -4.07. The fourth-order valence-electron chi connectivity index (χ4n) is 4.70. The van der Waals surface area contributed by atoms with Crippen molar-refractivity contribution >= 4 is 81.3 Å². The van der Waals surface area contributed by atoms with Crippen LogP contribution in [0.2, 0.25) is 0 Å². The lowest BCUT2D eigenvalue weighted by molar-refractivity contribution is 0.0699. The smallest absolute Gasteiger partial charge is 0.336 e. The Labute approximate surface area is 256 Å². The molecule has 1 aromatic heterocycles. The molecule has 0 saturated carbocycles. The second kappa shape index (κ2) is 13.6. The third kappa shape index (κ3) is 7.32. The second-order valence-electron chi connectivity index (χ2n) is 9.39. The summed E-state index contributed by atoms with van der Waals surface area (Å²) in [6.07, 6.45) is 0. The molecule has 0 spiro atoms. The molecule has 3 aromatic carbocycles. The Hall–Kier alpha value is -3.31. The molecule has 0 bridgehead atoms. The predicted molar refractivity (Wildman–Crippen MR) is 168 cm³/mol. The first-order valence-corrected chi connectivity index (χ1v) is 13.6. The SMILES string of the molecule is Cc1ccc(C)c(N2CCN(c3cc(C(=O)O)c4cc(NS(=O)(=O)c5cccc(F)c5)ccc4n3)CC2)c1.Cl.Cl.Cl. The second-order valence-corrected chi connectivity index (χ2v) is 11.1. The van der Waals surface area contributed by atoms with Crippen molar-refractivity contribution in [1.29, 1.82) is 0 Å². The number of carboxylic acid groups (broad SMARTS) is 1.